The first-order chi connectivity index (χ1) is 6.44. The maximum Gasteiger partial charge on any atom is 0.0353 e. The van der Waals surface area contributed by atoms with Gasteiger partial charge in [-0.25, -0.2) is 0 Å². The Balaban J connectivity index is 2.62. The van der Waals surface area contributed by atoms with Gasteiger partial charge in [-0.3, -0.25) is 0 Å². The Bertz CT molecular complexity index is 179. The van der Waals surface area contributed by atoms with Gasteiger partial charge in [-0.05, 0) is 38.1 Å². The highest BCUT2D eigenvalue weighted by Gasteiger charge is 2.30. The van der Waals surface area contributed by atoms with Gasteiger partial charge in [0.2, 0.25) is 0 Å². The first-order valence-corrected chi connectivity index (χ1v) is 6.26. The van der Waals surface area contributed by atoms with E-state index in [1.165, 1.54) is 19.5 Å². The normalized spacial score (nSPS) is 31.1. The van der Waals surface area contributed by atoms with Crippen molar-refractivity contribution in [1.82, 2.24) is 4.90 Å². The third-order valence-electron chi connectivity index (χ3n) is 3.35. The number of rotatable bonds is 2. The standard InChI is InChI=1S/C12H24ClN/c1-5-10(2)14-7-6-11(13)8-12(3,4)9-14/h10-11H,5-9H2,1-4H3. The second-order valence-corrected chi connectivity index (χ2v) is 6.10. The fraction of sp³-hybridized carbons (Fsp3) is 1.00. The molecule has 0 aliphatic carbocycles. The lowest BCUT2D eigenvalue weighted by atomic mass is 9.87. The maximum atomic E-state index is 6.29. The van der Waals surface area contributed by atoms with Gasteiger partial charge < -0.3 is 4.90 Å². The molecule has 1 rings (SSSR count). The average molecular weight is 218 g/mol. The Kier molecular flexibility index (Phi) is 4.27. The summed E-state index contributed by atoms with van der Waals surface area (Å²) in [5, 5.41) is 0.374. The van der Waals surface area contributed by atoms with Crippen LogP contribution < -0.4 is 0 Å². The number of alkyl halides is 1. The van der Waals surface area contributed by atoms with Crippen LogP contribution in [-0.2, 0) is 0 Å². The molecule has 0 aromatic carbocycles. The predicted octanol–water partition coefficient (Wildman–Crippen LogP) is 3.51. The Morgan fingerprint density at radius 1 is 1.50 bits per heavy atom. The third-order valence-corrected chi connectivity index (χ3v) is 3.72. The van der Waals surface area contributed by atoms with Gasteiger partial charge in [0.05, 0.1) is 0 Å². The summed E-state index contributed by atoms with van der Waals surface area (Å²) in [6.45, 7) is 11.6. The second kappa shape index (κ2) is 4.85. The Labute approximate surface area is 93.8 Å². The zero-order valence-electron chi connectivity index (χ0n) is 10.0. The SMILES string of the molecule is CCC(C)N1CCC(Cl)CC(C)(C)C1. The Morgan fingerprint density at radius 3 is 2.71 bits per heavy atom. The molecule has 0 amide bonds. The van der Waals surface area contributed by atoms with E-state index in [9.17, 15) is 0 Å². The van der Waals surface area contributed by atoms with Crippen molar-refractivity contribution in [3.05, 3.63) is 0 Å². The number of likely N-dealkylation sites (tertiary alicyclic amines) is 1. The highest BCUT2D eigenvalue weighted by Crippen LogP contribution is 2.31. The minimum absolute atomic E-state index is 0.374. The lowest BCUT2D eigenvalue weighted by Crippen LogP contribution is -2.38. The van der Waals surface area contributed by atoms with E-state index in [1.54, 1.807) is 0 Å². The highest BCUT2D eigenvalue weighted by atomic mass is 35.5. The summed E-state index contributed by atoms with van der Waals surface area (Å²) in [7, 11) is 0. The van der Waals surface area contributed by atoms with Crippen LogP contribution in [0.4, 0.5) is 0 Å². The van der Waals surface area contributed by atoms with Gasteiger partial charge in [0, 0.05) is 18.0 Å². The second-order valence-electron chi connectivity index (χ2n) is 5.48. The number of halogens is 1. The zero-order chi connectivity index (χ0) is 10.8. The summed E-state index contributed by atoms with van der Waals surface area (Å²) in [5.41, 5.74) is 0.381. The van der Waals surface area contributed by atoms with Crippen molar-refractivity contribution < 1.29 is 0 Å². The molecule has 0 N–H and O–H groups in total. The van der Waals surface area contributed by atoms with E-state index < -0.39 is 0 Å². The third kappa shape index (κ3) is 3.43. The van der Waals surface area contributed by atoms with Crippen molar-refractivity contribution in [2.45, 2.75) is 58.4 Å². The Hall–Kier alpha value is 0.250. The van der Waals surface area contributed by atoms with E-state index in [2.05, 4.69) is 32.6 Å². The summed E-state index contributed by atoms with van der Waals surface area (Å²) < 4.78 is 0. The van der Waals surface area contributed by atoms with Gasteiger partial charge in [-0.2, -0.15) is 0 Å². The molecule has 1 saturated heterocycles. The van der Waals surface area contributed by atoms with E-state index in [4.69, 9.17) is 11.6 Å². The molecule has 1 aliphatic rings. The predicted molar refractivity (Wildman–Crippen MR) is 64.0 cm³/mol. The molecule has 1 fully saturated rings. The molecule has 14 heavy (non-hydrogen) atoms. The van der Waals surface area contributed by atoms with E-state index in [0.29, 0.717) is 16.8 Å². The topological polar surface area (TPSA) is 3.24 Å². The number of hydrogen-bond acceptors (Lipinski definition) is 1. The molecule has 0 saturated carbocycles. The summed E-state index contributed by atoms with van der Waals surface area (Å²) in [6.07, 6.45) is 3.54. The first kappa shape index (κ1) is 12.3. The van der Waals surface area contributed by atoms with Crippen LogP contribution in [0, 0.1) is 5.41 Å². The molecule has 0 spiro atoms. The van der Waals surface area contributed by atoms with Crippen LogP contribution in [0.15, 0.2) is 0 Å². The fourth-order valence-electron chi connectivity index (χ4n) is 2.34. The molecule has 2 atom stereocenters. The van der Waals surface area contributed by atoms with Crippen molar-refractivity contribution in [3.8, 4) is 0 Å². The molecular formula is C12H24ClN. The van der Waals surface area contributed by atoms with E-state index in [-0.39, 0.29) is 0 Å². The molecular weight excluding hydrogens is 194 g/mol. The molecule has 0 aromatic rings. The molecule has 2 unspecified atom stereocenters. The zero-order valence-corrected chi connectivity index (χ0v) is 10.8. The van der Waals surface area contributed by atoms with Crippen LogP contribution in [0.3, 0.4) is 0 Å². The lowest BCUT2D eigenvalue weighted by Gasteiger charge is -2.33. The molecule has 1 nitrogen and oxygen atoms in total. The fourth-order valence-corrected chi connectivity index (χ4v) is 2.85. The molecule has 0 bridgehead atoms. The summed E-state index contributed by atoms with van der Waals surface area (Å²) in [4.78, 5) is 2.60. The van der Waals surface area contributed by atoms with E-state index >= 15 is 0 Å². The smallest absolute Gasteiger partial charge is 0.0353 e. The first-order valence-electron chi connectivity index (χ1n) is 5.83. The highest BCUT2D eigenvalue weighted by molar-refractivity contribution is 6.20. The van der Waals surface area contributed by atoms with Crippen molar-refractivity contribution in [2.24, 2.45) is 5.41 Å². The van der Waals surface area contributed by atoms with Crippen LogP contribution in [0.2, 0.25) is 0 Å². The van der Waals surface area contributed by atoms with Gasteiger partial charge in [-0.1, -0.05) is 20.8 Å². The van der Waals surface area contributed by atoms with Gasteiger partial charge in [0.1, 0.15) is 0 Å². The largest absolute Gasteiger partial charge is 0.300 e. The summed E-state index contributed by atoms with van der Waals surface area (Å²) >= 11 is 6.29. The van der Waals surface area contributed by atoms with Crippen molar-refractivity contribution in [2.75, 3.05) is 13.1 Å². The molecule has 0 radical (unpaired) electrons. The molecule has 2 heteroatoms. The summed E-state index contributed by atoms with van der Waals surface area (Å²) in [5.74, 6) is 0. The molecule has 1 heterocycles. The number of hydrogen-bond donors (Lipinski definition) is 0. The van der Waals surface area contributed by atoms with Crippen LogP contribution in [0.5, 0.6) is 0 Å². The maximum absolute atomic E-state index is 6.29. The van der Waals surface area contributed by atoms with Crippen LogP contribution in [-0.4, -0.2) is 29.4 Å². The Morgan fingerprint density at radius 2 is 2.14 bits per heavy atom. The molecule has 1 aliphatic heterocycles. The molecule has 0 aromatic heterocycles. The number of nitrogens with zero attached hydrogens (tertiary/aromatic N) is 1. The van der Waals surface area contributed by atoms with Gasteiger partial charge >= 0.3 is 0 Å². The summed E-state index contributed by atoms with van der Waals surface area (Å²) in [6, 6.07) is 0.705. The van der Waals surface area contributed by atoms with Crippen molar-refractivity contribution in [1.29, 1.82) is 0 Å². The van der Waals surface area contributed by atoms with Gasteiger partial charge in [0.25, 0.3) is 0 Å². The van der Waals surface area contributed by atoms with Crippen molar-refractivity contribution >= 4 is 11.6 Å². The minimum atomic E-state index is 0.374. The van der Waals surface area contributed by atoms with E-state index in [0.717, 1.165) is 12.8 Å². The van der Waals surface area contributed by atoms with Crippen LogP contribution in [0.1, 0.15) is 47.0 Å². The van der Waals surface area contributed by atoms with Gasteiger partial charge in [0.15, 0.2) is 0 Å². The van der Waals surface area contributed by atoms with E-state index in [1.807, 2.05) is 0 Å². The minimum Gasteiger partial charge on any atom is -0.300 e. The quantitative estimate of drug-likeness (QED) is 0.640. The average Bonchev–Trinajstić information content (AvgIpc) is 2.22. The van der Waals surface area contributed by atoms with Gasteiger partial charge in [-0.15, -0.1) is 11.6 Å². The lowest BCUT2D eigenvalue weighted by molar-refractivity contribution is 0.149. The van der Waals surface area contributed by atoms with Crippen molar-refractivity contribution in [3.63, 3.8) is 0 Å². The van der Waals surface area contributed by atoms with Crippen LogP contribution >= 0.6 is 11.6 Å². The van der Waals surface area contributed by atoms with Crippen LogP contribution in [0.25, 0.3) is 0 Å². The molecule has 84 valence electrons. The monoisotopic (exact) mass is 217 g/mol.